The van der Waals surface area contributed by atoms with Crippen LogP contribution in [0.5, 0.6) is 0 Å². The van der Waals surface area contributed by atoms with Gasteiger partial charge >= 0.3 is 0 Å². The van der Waals surface area contributed by atoms with E-state index < -0.39 is 0 Å². The Hall–Kier alpha value is -0.0800. The van der Waals surface area contributed by atoms with E-state index >= 15 is 0 Å². The summed E-state index contributed by atoms with van der Waals surface area (Å²) in [6.07, 6.45) is 10.5. The highest BCUT2D eigenvalue weighted by Gasteiger charge is 2.40. The molecule has 0 aromatic rings. The Labute approximate surface area is 93.0 Å². The fraction of sp³-hybridized carbons (Fsp3) is 1.00. The van der Waals surface area contributed by atoms with E-state index in [2.05, 4.69) is 0 Å². The summed E-state index contributed by atoms with van der Waals surface area (Å²) in [6, 6.07) is 0. The van der Waals surface area contributed by atoms with Gasteiger partial charge in [0.2, 0.25) is 0 Å². The van der Waals surface area contributed by atoms with Gasteiger partial charge in [0.15, 0.2) is 0 Å². The second kappa shape index (κ2) is 4.84. The van der Waals surface area contributed by atoms with E-state index in [0.29, 0.717) is 0 Å². The molecule has 0 amide bonds. The maximum atomic E-state index is 10.3. The Morgan fingerprint density at radius 3 is 2.27 bits per heavy atom. The van der Waals surface area contributed by atoms with Gasteiger partial charge in [-0.25, -0.2) is 0 Å². The summed E-state index contributed by atoms with van der Waals surface area (Å²) in [7, 11) is 1.78. The average molecular weight is 212 g/mol. The molecule has 2 saturated carbocycles. The largest absolute Gasteiger partial charge is 0.390 e. The van der Waals surface area contributed by atoms with E-state index in [-0.39, 0.29) is 11.7 Å². The first-order valence-electron chi connectivity index (χ1n) is 6.50. The van der Waals surface area contributed by atoms with Crippen molar-refractivity contribution >= 4 is 0 Å². The molecule has 0 aromatic carbocycles. The van der Waals surface area contributed by atoms with E-state index in [1.807, 2.05) is 0 Å². The predicted octanol–water partition coefficient (Wildman–Crippen LogP) is 2.89. The number of aliphatic hydroxyl groups is 1. The Morgan fingerprint density at radius 1 is 1.20 bits per heavy atom. The zero-order valence-corrected chi connectivity index (χ0v) is 9.87. The number of ether oxygens (including phenoxy) is 1. The van der Waals surface area contributed by atoms with Gasteiger partial charge in [0.1, 0.15) is 0 Å². The topological polar surface area (TPSA) is 29.5 Å². The van der Waals surface area contributed by atoms with Crippen molar-refractivity contribution in [2.45, 2.75) is 69.5 Å². The first kappa shape index (κ1) is 11.4. The highest BCUT2D eigenvalue weighted by Crippen LogP contribution is 2.40. The molecule has 1 unspecified atom stereocenters. The molecule has 1 N–H and O–H groups in total. The number of rotatable bonds is 4. The van der Waals surface area contributed by atoms with E-state index in [0.717, 1.165) is 25.2 Å². The third-order valence-corrected chi connectivity index (χ3v) is 4.22. The average Bonchev–Trinajstić information content (AvgIpc) is 3.03. The normalized spacial score (nSPS) is 28.4. The molecule has 2 fully saturated rings. The molecule has 0 bridgehead atoms. The summed E-state index contributed by atoms with van der Waals surface area (Å²) >= 11 is 0. The highest BCUT2D eigenvalue weighted by molar-refractivity contribution is 4.92. The van der Waals surface area contributed by atoms with E-state index in [4.69, 9.17) is 4.74 Å². The van der Waals surface area contributed by atoms with Crippen molar-refractivity contribution in [3.63, 3.8) is 0 Å². The molecule has 88 valence electrons. The SMILES string of the molecule is COC1(C(O)CC2CC2)CCCCCC1. The first-order valence-corrected chi connectivity index (χ1v) is 6.50. The third kappa shape index (κ3) is 2.73. The maximum absolute atomic E-state index is 10.3. The van der Waals surface area contributed by atoms with Gasteiger partial charge in [-0.05, 0) is 25.2 Å². The van der Waals surface area contributed by atoms with Crippen LogP contribution in [-0.2, 0) is 4.74 Å². The van der Waals surface area contributed by atoms with Gasteiger partial charge < -0.3 is 9.84 Å². The smallest absolute Gasteiger partial charge is 0.0936 e. The Bertz CT molecular complexity index is 191. The fourth-order valence-electron chi connectivity index (χ4n) is 2.88. The Balaban J connectivity index is 1.96. The summed E-state index contributed by atoms with van der Waals surface area (Å²) < 4.78 is 5.70. The molecule has 2 rings (SSSR count). The van der Waals surface area contributed by atoms with E-state index in [1.54, 1.807) is 7.11 Å². The van der Waals surface area contributed by atoms with Crippen LogP contribution in [0.15, 0.2) is 0 Å². The summed E-state index contributed by atoms with van der Waals surface area (Å²) in [5.74, 6) is 0.787. The Kier molecular flexibility index (Phi) is 3.68. The molecule has 2 aliphatic carbocycles. The molecule has 0 spiro atoms. The monoisotopic (exact) mass is 212 g/mol. The molecule has 0 heterocycles. The van der Waals surface area contributed by atoms with Crippen LogP contribution in [0.25, 0.3) is 0 Å². The molecule has 0 aromatic heterocycles. The molecular formula is C13H24O2. The standard InChI is InChI=1S/C13H24O2/c1-15-13(8-4-2-3-5-9-13)12(14)10-11-6-7-11/h11-12,14H,2-10H2,1H3. The lowest BCUT2D eigenvalue weighted by molar-refractivity contribution is -0.115. The fourth-order valence-corrected chi connectivity index (χ4v) is 2.88. The predicted molar refractivity (Wildman–Crippen MR) is 60.8 cm³/mol. The van der Waals surface area contributed by atoms with Crippen LogP contribution >= 0.6 is 0 Å². The zero-order chi connectivity index (χ0) is 10.7. The molecule has 2 aliphatic rings. The van der Waals surface area contributed by atoms with Crippen molar-refractivity contribution in [1.82, 2.24) is 0 Å². The van der Waals surface area contributed by atoms with Gasteiger partial charge in [0.05, 0.1) is 11.7 Å². The van der Waals surface area contributed by atoms with Gasteiger partial charge in [-0.15, -0.1) is 0 Å². The van der Waals surface area contributed by atoms with Crippen LogP contribution in [0.2, 0.25) is 0 Å². The minimum Gasteiger partial charge on any atom is -0.390 e. The Morgan fingerprint density at radius 2 is 1.80 bits per heavy atom. The van der Waals surface area contributed by atoms with Crippen LogP contribution in [-0.4, -0.2) is 23.9 Å². The molecule has 2 heteroatoms. The second-order valence-corrected chi connectivity index (χ2v) is 5.38. The number of methoxy groups -OCH3 is 1. The lowest BCUT2D eigenvalue weighted by Gasteiger charge is -2.36. The van der Waals surface area contributed by atoms with Gasteiger partial charge in [0, 0.05) is 7.11 Å². The summed E-state index contributed by atoms with van der Waals surface area (Å²) in [5, 5.41) is 10.3. The highest BCUT2D eigenvalue weighted by atomic mass is 16.5. The van der Waals surface area contributed by atoms with Gasteiger partial charge in [-0.2, -0.15) is 0 Å². The van der Waals surface area contributed by atoms with Crippen LogP contribution in [0.3, 0.4) is 0 Å². The molecule has 2 nitrogen and oxygen atoms in total. The third-order valence-electron chi connectivity index (χ3n) is 4.22. The number of hydrogen-bond acceptors (Lipinski definition) is 2. The molecule has 15 heavy (non-hydrogen) atoms. The van der Waals surface area contributed by atoms with Crippen molar-refractivity contribution in [2.24, 2.45) is 5.92 Å². The summed E-state index contributed by atoms with van der Waals surface area (Å²) in [5.41, 5.74) is -0.209. The van der Waals surface area contributed by atoms with Crippen LogP contribution < -0.4 is 0 Å². The van der Waals surface area contributed by atoms with Crippen LogP contribution in [0, 0.1) is 5.92 Å². The summed E-state index contributed by atoms with van der Waals surface area (Å²) in [6.45, 7) is 0. The van der Waals surface area contributed by atoms with Crippen molar-refractivity contribution in [1.29, 1.82) is 0 Å². The second-order valence-electron chi connectivity index (χ2n) is 5.38. The molecular weight excluding hydrogens is 188 g/mol. The van der Waals surface area contributed by atoms with Crippen molar-refractivity contribution in [3.8, 4) is 0 Å². The van der Waals surface area contributed by atoms with Crippen LogP contribution in [0.1, 0.15) is 57.8 Å². The van der Waals surface area contributed by atoms with Gasteiger partial charge in [-0.1, -0.05) is 38.5 Å². The van der Waals surface area contributed by atoms with E-state index in [1.165, 1.54) is 38.5 Å². The molecule has 0 aliphatic heterocycles. The zero-order valence-electron chi connectivity index (χ0n) is 9.87. The number of aliphatic hydroxyl groups excluding tert-OH is 1. The minimum atomic E-state index is -0.229. The molecule has 0 radical (unpaired) electrons. The van der Waals surface area contributed by atoms with Gasteiger partial charge in [0.25, 0.3) is 0 Å². The quantitative estimate of drug-likeness (QED) is 0.726. The van der Waals surface area contributed by atoms with Crippen LogP contribution in [0.4, 0.5) is 0 Å². The maximum Gasteiger partial charge on any atom is 0.0936 e. The van der Waals surface area contributed by atoms with E-state index in [9.17, 15) is 5.11 Å². The molecule has 0 saturated heterocycles. The number of hydrogen-bond donors (Lipinski definition) is 1. The lowest BCUT2D eigenvalue weighted by Crippen LogP contribution is -2.44. The first-order chi connectivity index (χ1) is 7.27. The molecule has 1 atom stereocenters. The van der Waals surface area contributed by atoms with Gasteiger partial charge in [-0.3, -0.25) is 0 Å². The summed E-state index contributed by atoms with van der Waals surface area (Å²) in [4.78, 5) is 0. The van der Waals surface area contributed by atoms with Crippen molar-refractivity contribution in [2.75, 3.05) is 7.11 Å². The van der Waals surface area contributed by atoms with Crippen molar-refractivity contribution < 1.29 is 9.84 Å². The lowest BCUT2D eigenvalue weighted by atomic mass is 9.85. The minimum absolute atomic E-state index is 0.209. The van der Waals surface area contributed by atoms with Crippen molar-refractivity contribution in [3.05, 3.63) is 0 Å².